The van der Waals surface area contributed by atoms with Crippen molar-refractivity contribution in [3.8, 4) is 5.75 Å². The van der Waals surface area contributed by atoms with Crippen molar-refractivity contribution in [2.24, 2.45) is 0 Å². The highest BCUT2D eigenvalue weighted by atomic mass is 79.9. The summed E-state index contributed by atoms with van der Waals surface area (Å²) in [4.78, 5) is 3.26. The molecule has 1 aromatic carbocycles. The monoisotopic (exact) mass is 301 g/mol. The highest BCUT2D eigenvalue weighted by Crippen LogP contribution is 2.28. The van der Waals surface area contributed by atoms with Crippen LogP contribution in [0.15, 0.2) is 21.6 Å². The van der Waals surface area contributed by atoms with Gasteiger partial charge in [-0.05, 0) is 50.1 Å². The summed E-state index contributed by atoms with van der Waals surface area (Å²) in [6, 6.07) is 4.69. The Morgan fingerprint density at radius 1 is 1.46 bits per heavy atom. The normalized spacial score (nSPS) is 9.00. The van der Waals surface area contributed by atoms with Crippen LogP contribution in [-0.2, 0) is 0 Å². The molecule has 1 N–H and O–H groups in total. The Kier molecular flexibility index (Phi) is 3.52. The average Bonchev–Trinajstić information content (AvgIpc) is 2.08. The molecular weight excluding hydrogens is 298 g/mol. The van der Waals surface area contributed by atoms with Crippen molar-refractivity contribution in [3.63, 3.8) is 0 Å². The highest BCUT2D eigenvalue weighted by molar-refractivity contribution is 9.28. The number of aromatic hydroxyl groups is 1. The van der Waals surface area contributed by atoms with Crippen LogP contribution in [0.2, 0.25) is 0 Å². The molecule has 0 aliphatic heterocycles. The number of phenols is 1. The van der Waals surface area contributed by atoms with Crippen molar-refractivity contribution in [1.29, 1.82) is 0 Å². The summed E-state index contributed by atoms with van der Waals surface area (Å²) in [5, 5.41) is 9.39. The van der Waals surface area contributed by atoms with E-state index in [2.05, 4.69) is 36.7 Å². The Morgan fingerprint density at radius 3 is 2.69 bits per heavy atom. The van der Waals surface area contributed by atoms with Gasteiger partial charge in [0.25, 0.3) is 0 Å². The van der Waals surface area contributed by atoms with Gasteiger partial charge in [0, 0.05) is 5.56 Å². The zero-order valence-electron chi connectivity index (χ0n) is 6.46. The minimum absolute atomic E-state index is 0.156. The number of hydrogen-bond donors (Lipinski definition) is 1. The molecule has 1 aromatic rings. The Bertz CT molecular complexity index is 389. The average molecular weight is 303 g/mol. The summed E-state index contributed by atoms with van der Waals surface area (Å²) in [5.74, 6) is 0.156. The molecule has 0 aliphatic rings. The van der Waals surface area contributed by atoms with E-state index in [0.29, 0.717) is 11.3 Å². The SMILES string of the molecule is [C-]#[N+]c1ccc(O)c(C=C(Br)Br)c1. The number of halogens is 2. The second-order valence-corrected chi connectivity index (χ2v) is 5.06. The third kappa shape index (κ3) is 2.87. The highest BCUT2D eigenvalue weighted by Gasteiger charge is 1.99. The fourth-order valence-electron chi connectivity index (χ4n) is 0.845. The summed E-state index contributed by atoms with van der Waals surface area (Å²) in [5.41, 5.74) is 1.11. The van der Waals surface area contributed by atoms with Gasteiger partial charge in [-0.15, -0.1) is 0 Å². The van der Waals surface area contributed by atoms with E-state index < -0.39 is 0 Å². The summed E-state index contributed by atoms with van der Waals surface area (Å²) < 4.78 is 0.720. The van der Waals surface area contributed by atoms with Crippen molar-refractivity contribution in [2.75, 3.05) is 0 Å². The Morgan fingerprint density at radius 2 is 2.15 bits per heavy atom. The molecule has 0 aliphatic carbocycles. The molecule has 4 heteroatoms. The molecule has 0 spiro atoms. The Balaban J connectivity index is 3.21. The number of rotatable bonds is 1. The summed E-state index contributed by atoms with van der Waals surface area (Å²) >= 11 is 6.36. The van der Waals surface area contributed by atoms with Crippen molar-refractivity contribution < 1.29 is 5.11 Å². The van der Waals surface area contributed by atoms with Crippen LogP contribution in [-0.4, -0.2) is 5.11 Å². The molecule has 0 fully saturated rings. The molecule has 0 saturated carbocycles. The molecule has 13 heavy (non-hydrogen) atoms. The van der Waals surface area contributed by atoms with Gasteiger partial charge >= 0.3 is 0 Å². The Hall–Kier alpha value is -0.790. The smallest absolute Gasteiger partial charge is 0.188 e. The largest absolute Gasteiger partial charge is 0.507 e. The summed E-state index contributed by atoms with van der Waals surface area (Å²) in [6.45, 7) is 6.79. The predicted octanol–water partition coefficient (Wildman–Crippen LogP) is 4.03. The van der Waals surface area contributed by atoms with Crippen molar-refractivity contribution in [2.45, 2.75) is 0 Å². The lowest BCUT2D eigenvalue weighted by Gasteiger charge is -1.99. The van der Waals surface area contributed by atoms with E-state index in [9.17, 15) is 5.11 Å². The minimum Gasteiger partial charge on any atom is -0.507 e. The van der Waals surface area contributed by atoms with Crippen molar-refractivity contribution >= 4 is 43.6 Å². The quantitative estimate of drug-likeness (QED) is 0.778. The van der Waals surface area contributed by atoms with Gasteiger partial charge in [0.15, 0.2) is 5.69 Å². The minimum atomic E-state index is 0.156. The van der Waals surface area contributed by atoms with Gasteiger partial charge in [0.2, 0.25) is 0 Å². The molecule has 0 radical (unpaired) electrons. The number of phenolic OH excluding ortho intramolecular Hbond substituents is 1. The van der Waals surface area contributed by atoms with E-state index in [-0.39, 0.29) is 5.75 Å². The van der Waals surface area contributed by atoms with E-state index in [1.54, 1.807) is 18.2 Å². The van der Waals surface area contributed by atoms with E-state index in [1.165, 1.54) is 6.07 Å². The van der Waals surface area contributed by atoms with Gasteiger partial charge in [-0.2, -0.15) is 0 Å². The maximum atomic E-state index is 9.39. The first-order valence-electron chi connectivity index (χ1n) is 3.36. The first kappa shape index (κ1) is 10.3. The van der Waals surface area contributed by atoms with Gasteiger partial charge < -0.3 is 5.11 Å². The van der Waals surface area contributed by atoms with E-state index in [0.717, 1.165) is 3.39 Å². The van der Waals surface area contributed by atoms with Crippen molar-refractivity contribution in [3.05, 3.63) is 38.6 Å². The molecular formula is C9H5Br2NO. The standard InChI is InChI=1S/C9H5Br2NO/c1-12-7-2-3-8(13)6(4-7)5-9(10)11/h2-5,13H. The van der Waals surface area contributed by atoms with Crippen LogP contribution in [0, 0.1) is 6.57 Å². The second-order valence-electron chi connectivity index (χ2n) is 2.29. The maximum Gasteiger partial charge on any atom is 0.188 e. The van der Waals surface area contributed by atoms with Crippen LogP contribution in [0.5, 0.6) is 5.75 Å². The fourth-order valence-corrected chi connectivity index (χ4v) is 1.34. The van der Waals surface area contributed by atoms with Crippen LogP contribution in [0.3, 0.4) is 0 Å². The zero-order valence-corrected chi connectivity index (χ0v) is 9.63. The van der Waals surface area contributed by atoms with Gasteiger partial charge in [-0.25, -0.2) is 4.85 Å². The molecule has 0 aromatic heterocycles. The van der Waals surface area contributed by atoms with Crippen LogP contribution in [0.1, 0.15) is 5.56 Å². The molecule has 0 saturated heterocycles. The van der Waals surface area contributed by atoms with E-state index in [1.807, 2.05) is 0 Å². The first-order valence-corrected chi connectivity index (χ1v) is 4.95. The van der Waals surface area contributed by atoms with Gasteiger partial charge in [-0.3, -0.25) is 0 Å². The fraction of sp³-hybridized carbons (Fsp3) is 0. The van der Waals surface area contributed by atoms with Gasteiger partial charge in [0.1, 0.15) is 5.75 Å². The zero-order chi connectivity index (χ0) is 9.84. The first-order chi connectivity index (χ1) is 6.13. The maximum absolute atomic E-state index is 9.39. The van der Waals surface area contributed by atoms with Crippen LogP contribution in [0.25, 0.3) is 10.9 Å². The molecule has 0 bridgehead atoms. The number of benzene rings is 1. The molecule has 0 unspecified atom stereocenters. The molecule has 0 atom stereocenters. The lowest BCUT2D eigenvalue weighted by atomic mass is 10.2. The molecule has 66 valence electrons. The van der Waals surface area contributed by atoms with Crippen LogP contribution >= 0.6 is 31.9 Å². The Labute approximate surface area is 93.0 Å². The molecule has 2 nitrogen and oxygen atoms in total. The molecule has 0 amide bonds. The van der Waals surface area contributed by atoms with Gasteiger partial charge in [-0.1, -0.05) is 6.07 Å². The third-order valence-electron chi connectivity index (χ3n) is 1.40. The number of nitrogens with zero attached hydrogens (tertiary/aromatic N) is 1. The second kappa shape index (κ2) is 4.45. The predicted molar refractivity (Wildman–Crippen MR) is 60.2 cm³/mol. The molecule has 0 heterocycles. The van der Waals surface area contributed by atoms with Crippen LogP contribution < -0.4 is 0 Å². The third-order valence-corrected chi connectivity index (χ3v) is 1.86. The number of hydrogen-bond acceptors (Lipinski definition) is 1. The molecule has 1 rings (SSSR count). The lowest BCUT2D eigenvalue weighted by molar-refractivity contribution is 0.474. The summed E-state index contributed by atoms with van der Waals surface area (Å²) in [7, 11) is 0. The van der Waals surface area contributed by atoms with Crippen molar-refractivity contribution in [1.82, 2.24) is 0 Å². The van der Waals surface area contributed by atoms with E-state index in [4.69, 9.17) is 6.57 Å². The topological polar surface area (TPSA) is 24.6 Å². The van der Waals surface area contributed by atoms with E-state index >= 15 is 0 Å². The lowest BCUT2D eigenvalue weighted by Crippen LogP contribution is -1.73. The van der Waals surface area contributed by atoms with Gasteiger partial charge in [0.05, 0.1) is 9.96 Å². The summed E-state index contributed by atoms with van der Waals surface area (Å²) in [6.07, 6.45) is 1.68. The van der Waals surface area contributed by atoms with Crippen LogP contribution in [0.4, 0.5) is 5.69 Å².